The highest BCUT2D eigenvalue weighted by atomic mass is 32.2. The van der Waals surface area contributed by atoms with Crippen molar-refractivity contribution < 1.29 is 9.53 Å². The van der Waals surface area contributed by atoms with Crippen LogP contribution in [-0.4, -0.2) is 17.8 Å². The number of ether oxygens (including phenoxy) is 1. The van der Waals surface area contributed by atoms with Crippen LogP contribution in [-0.2, 0) is 4.79 Å². The number of fused-ring (bicyclic) bond motifs is 1. The molecular weight excluding hydrogens is 330 g/mol. The van der Waals surface area contributed by atoms with Crippen LogP contribution in [0.4, 0.5) is 5.69 Å². The molecule has 0 spiro atoms. The van der Waals surface area contributed by atoms with Gasteiger partial charge in [-0.25, -0.2) is 0 Å². The second-order valence-corrected chi connectivity index (χ2v) is 6.96. The maximum absolute atomic E-state index is 12.6. The Morgan fingerprint density at radius 1 is 1.04 bits per heavy atom. The highest BCUT2D eigenvalue weighted by Crippen LogP contribution is 2.28. The zero-order valence-corrected chi connectivity index (χ0v) is 15.2. The molecule has 0 bridgehead atoms. The summed E-state index contributed by atoms with van der Waals surface area (Å²) in [6.07, 6.45) is -0.592. The molecule has 0 radical (unpaired) electrons. The van der Waals surface area contributed by atoms with E-state index in [4.69, 9.17) is 4.74 Å². The van der Waals surface area contributed by atoms with Crippen LogP contribution in [0.2, 0.25) is 0 Å². The average molecular weight is 351 g/mol. The van der Waals surface area contributed by atoms with Crippen LogP contribution in [0.5, 0.6) is 5.75 Å². The van der Waals surface area contributed by atoms with Crippen LogP contribution in [0.15, 0.2) is 71.6 Å². The predicted octanol–water partition coefficient (Wildman–Crippen LogP) is 5.36. The number of amides is 1. The smallest absolute Gasteiger partial charge is 0.265 e. The first kappa shape index (κ1) is 17.4. The van der Waals surface area contributed by atoms with Crippen LogP contribution in [0.1, 0.15) is 13.8 Å². The van der Waals surface area contributed by atoms with E-state index in [9.17, 15) is 4.79 Å². The molecular formula is C21H21NO2S. The fraction of sp³-hybridized carbons (Fsp3) is 0.190. The first-order valence-corrected chi connectivity index (χ1v) is 9.34. The van der Waals surface area contributed by atoms with E-state index in [1.165, 1.54) is 0 Å². The summed E-state index contributed by atoms with van der Waals surface area (Å²) in [7, 11) is 0. The number of benzene rings is 3. The molecule has 0 heterocycles. The van der Waals surface area contributed by atoms with Crippen LogP contribution in [0.25, 0.3) is 10.8 Å². The summed E-state index contributed by atoms with van der Waals surface area (Å²) in [6.45, 7) is 3.86. The Balaban J connectivity index is 1.75. The number of para-hydroxylation sites is 1. The summed E-state index contributed by atoms with van der Waals surface area (Å²) in [5.74, 6) is 1.52. The molecule has 3 rings (SSSR count). The van der Waals surface area contributed by atoms with Gasteiger partial charge in [0.25, 0.3) is 5.91 Å². The Labute approximate surface area is 152 Å². The Hall–Kier alpha value is -2.46. The lowest BCUT2D eigenvalue weighted by Gasteiger charge is -2.17. The standard InChI is InChI=1S/C21H21NO2S/c1-3-25-20-14-7-6-12-18(20)22-21(23)15(2)24-19-13-8-10-16-9-4-5-11-17(16)19/h4-15H,3H2,1-2H3,(H,22,23)/t15-/m1/s1. The first-order chi connectivity index (χ1) is 12.2. The molecule has 0 aliphatic heterocycles. The number of carbonyl (C=O) groups is 1. The average Bonchev–Trinajstić information content (AvgIpc) is 2.64. The molecule has 4 heteroatoms. The van der Waals surface area contributed by atoms with Crippen molar-refractivity contribution in [1.82, 2.24) is 0 Å². The van der Waals surface area contributed by atoms with Gasteiger partial charge in [0.2, 0.25) is 0 Å². The minimum absolute atomic E-state index is 0.155. The monoisotopic (exact) mass is 351 g/mol. The zero-order chi connectivity index (χ0) is 17.6. The SMILES string of the molecule is CCSc1ccccc1NC(=O)[C@@H](C)Oc1cccc2ccccc12. The Bertz CT molecular complexity index is 873. The van der Waals surface area contributed by atoms with Gasteiger partial charge in [-0.15, -0.1) is 11.8 Å². The number of hydrogen-bond acceptors (Lipinski definition) is 3. The third-order valence-corrected chi connectivity index (χ3v) is 4.82. The molecule has 0 saturated carbocycles. The van der Waals surface area contributed by atoms with Crippen molar-refractivity contribution in [3.05, 3.63) is 66.7 Å². The van der Waals surface area contributed by atoms with Crippen molar-refractivity contribution in [3.8, 4) is 5.75 Å². The van der Waals surface area contributed by atoms with Crippen LogP contribution >= 0.6 is 11.8 Å². The van der Waals surface area contributed by atoms with E-state index < -0.39 is 6.10 Å². The first-order valence-electron chi connectivity index (χ1n) is 8.36. The molecule has 0 fully saturated rings. The summed E-state index contributed by atoms with van der Waals surface area (Å²) < 4.78 is 5.94. The van der Waals surface area contributed by atoms with Crippen molar-refractivity contribution in [2.45, 2.75) is 24.8 Å². The van der Waals surface area contributed by atoms with Gasteiger partial charge in [-0.05, 0) is 36.3 Å². The van der Waals surface area contributed by atoms with E-state index in [0.29, 0.717) is 0 Å². The van der Waals surface area contributed by atoms with Gasteiger partial charge in [-0.1, -0.05) is 55.5 Å². The Morgan fingerprint density at radius 2 is 1.76 bits per heavy atom. The Morgan fingerprint density at radius 3 is 2.60 bits per heavy atom. The molecule has 128 valence electrons. The van der Waals surface area contributed by atoms with Gasteiger partial charge in [-0.2, -0.15) is 0 Å². The number of carbonyl (C=O) groups excluding carboxylic acids is 1. The van der Waals surface area contributed by atoms with Gasteiger partial charge in [0.05, 0.1) is 5.69 Å². The topological polar surface area (TPSA) is 38.3 Å². The van der Waals surface area contributed by atoms with Crippen LogP contribution in [0, 0.1) is 0 Å². The number of thioether (sulfide) groups is 1. The van der Waals surface area contributed by atoms with Crippen molar-refractivity contribution in [2.24, 2.45) is 0 Å². The second-order valence-electron chi connectivity index (χ2n) is 5.66. The van der Waals surface area contributed by atoms with E-state index >= 15 is 0 Å². The van der Waals surface area contributed by atoms with E-state index in [-0.39, 0.29) is 5.91 Å². The zero-order valence-electron chi connectivity index (χ0n) is 14.4. The fourth-order valence-corrected chi connectivity index (χ4v) is 3.39. The summed E-state index contributed by atoms with van der Waals surface area (Å²) in [6, 6.07) is 21.7. The van der Waals surface area contributed by atoms with E-state index in [1.807, 2.05) is 66.7 Å². The Kier molecular flexibility index (Phi) is 5.61. The van der Waals surface area contributed by atoms with E-state index in [1.54, 1.807) is 18.7 Å². The molecule has 0 aliphatic carbocycles. The molecule has 25 heavy (non-hydrogen) atoms. The number of anilines is 1. The fourth-order valence-electron chi connectivity index (χ4n) is 2.63. The van der Waals surface area contributed by atoms with Crippen molar-refractivity contribution in [3.63, 3.8) is 0 Å². The summed E-state index contributed by atoms with van der Waals surface area (Å²) in [4.78, 5) is 13.6. The van der Waals surface area contributed by atoms with Crippen molar-refractivity contribution in [1.29, 1.82) is 0 Å². The molecule has 1 atom stereocenters. The van der Waals surface area contributed by atoms with E-state index in [2.05, 4.69) is 12.2 Å². The lowest BCUT2D eigenvalue weighted by atomic mass is 10.1. The van der Waals surface area contributed by atoms with Crippen LogP contribution in [0.3, 0.4) is 0 Å². The highest BCUT2D eigenvalue weighted by molar-refractivity contribution is 7.99. The molecule has 0 saturated heterocycles. The minimum atomic E-state index is -0.592. The molecule has 3 aromatic rings. The highest BCUT2D eigenvalue weighted by Gasteiger charge is 2.17. The lowest BCUT2D eigenvalue weighted by molar-refractivity contribution is -0.122. The van der Waals surface area contributed by atoms with E-state index in [0.717, 1.165) is 32.9 Å². The second kappa shape index (κ2) is 8.08. The quantitative estimate of drug-likeness (QED) is 0.608. The predicted molar refractivity (Wildman–Crippen MR) is 106 cm³/mol. The van der Waals surface area contributed by atoms with Crippen molar-refractivity contribution >= 4 is 34.1 Å². The van der Waals surface area contributed by atoms with Crippen LogP contribution < -0.4 is 10.1 Å². The third-order valence-electron chi connectivity index (χ3n) is 3.87. The van der Waals surface area contributed by atoms with Gasteiger partial charge in [0, 0.05) is 10.3 Å². The van der Waals surface area contributed by atoms with Gasteiger partial charge in [0.15, 0.2) is 6.10 Å². The number of hydrogen-bond donors (Lipinski definition) is 1. The molecule has 3 aromatic carbocycles. The minimum Gasteiger partial charge on any atom is -0.480 e. The third kappa shape index (κ3) is 4.15. The number of rotatable bonds is 6. The molecule has 0 aliphatic rings. The normalized spacial score (nSPS) is 11.9. The number of nitrogens with one attached hydrogen (secondary N) is 1. The molecule has 0 unspecified atom stereocenters. The molecule has 1 amide bonds. The van der Waals surface area contributed by atoms with Gasteiger partial charge < -0.3 is 10.1 Å². The molecule has 1 N–H and O–H groups in total. The molecule has 0 aromatic heterocycles. The maximum Gasteiger partial charge on any atom is 0.265 e. The van der Waals surface area contributed by atoms with Gasteiger partial charge in [-0.3, -0.25) is 4.79 Å². The summed E-state index contributed by atoms with van der Waals surface area (Å²) in [5.41, 5.74) is 0.827. The largest absolute Gasteiger partial charge is 0.480 e. The summed E-state index contributed by atoms with van der Waals surface area (Å²) in [5, 5.41) is 5.08. The van der Waals surface area contributed by atoms with Gasteiger partial charge in [0.1, 0.15) is 5.75 Å². The van der Waals surface area contributed by atoms with Gasteiger partial charge >= 0.3 is 0 Å². The summed E-state index contributed by atoms with van der Waals surface area (Å²) >= 11 is 1.71. The van der Waals surface area contributed by atoms with Crippen molar-refractivity contribution in [2.75, 3.05) is 11.1 Å². The maximum atomic E-state index is 12.6. The molecule has 3 nitrogen and oxygen atoms in total. The lowest BCUT2D eigenvalue weighted by Crippen LogP contribution is -2.30.